The first-order chi connectivity index (χ1) is 12.1. The molecule has 1 aromatic carbocycles. The van der Waals surface area contributed by atoms with Gasteiger partial charge in [-0.2, -0.15) is 10.1 Å². The lowest BCUT2D eigenvalue weighted by atomic mass is 9.85. The summed E-state index contributed by atoms with van der Waals surface area (Å²) in [6.45, 7) is 0. The fourth-order valence-corrected chi connectivity index (χ4v) is 5.08. The highest BCUT2D eigenvalue weighted by Gasteiger charge is 2.73. The number of ether oxygens (including phenoxy) is 1. The number of aromatic hydroxyl groups is 1. The molecule has 2 bridgehead atoms. The molecule has 1 N–H and O–H groups in total. The van der Waals surface area contributed by atoms with Crippen molar-refractivity contribution in [2.75, 3.05) is 7.11 Å². The van der Waals surface area contributed by atoms with E-state index < -0.39 is 0 Å². The zero-order valence-corrected chi connectivity index (χ0v) is 13.8. The topological polar surface area (TPSA) is 79.2 Å². The third-order valence-corrected chi connectivity index (χ3v) is 6.36. The molecule has 1 saturated heterocycles. The summed E-state index contributed by atoms with van der Waals surface area (Å²) in [5.41, 5.74) is 0.841. The largest absolute Gasteiger partial charge is 0.504 e. The van der Waals surface area contributed by atoms with Crippen molar-refractivity contribution in [2.45, 2.75) is 12.8 Å². The maximum absolute atomic E-state index is 12.8. The van der Waals surface area contributed by atoms with Crippen LogP contribution < -0.4 is 4.74 Å². The minimum atomic E-state index is -0.239. The van der Waals surface area contributed by atoms with Crippen LogP contribution in [0.15, 0.2) is 35.5 Å². The zero-order valence-electron chi connectivity index (χ0n) is 13.8. The lowest BCUT2D eigenvalue weighted by molar-refractivity contribution is -0.141. The number of hydrogen-bond acceptors (Lipinski definition) is 5. The van der Waals surface area contributed by atoms with Crippen molar-refractivity contribution in [1.82, 2.24) is 5.01 Å². The maximum atomic E-state index is 12.8. The van der Waals surface area contributed by atoms with Crippen LogP contribution in [-0.4, -0.2) is 35.3 Å². The number of carbonyl (C=O) groups is 2. The lowest BCUT2D eigenvalue weighted by Crippen LogP contribution is -2.30. The van der Waals surface area contributed by atoms with Crippen LogP contribution >= 0.6 is 0 Å². The average Bonchev–Trinajstić information content (AvgIpc) is 3.21. The molecular formula is C19H18N2O4. The summed E-state index contributed by atoms with van der Waals surface area (Å²) in [4.78, 5) is 25.6. The first-order valence-corrected chi connectivity index (χ1v) is 8.54. The van der Waals surface area contributed by atoms with Crippen LogP contribution in [0.5, 0.6) is 11.5 Å². The molecule has 0 aromatic heterocycles. The SMILES string of the molecule is COc1cc(/C=N/N2C(=O)[C@@H]3[C@@H](C2=O)[C@@H]2C=C[C@H]3C23CC3)ccc1O. The van der Waals surface area contributed by atoms with Crippen molar-refractivity contribution in [3.63, 3.8) is 0 Å². The molecule has 1 spiro atoms. The van der Waals surface area contributed by atoms with Gasteiger partial charge in [-0.1, -0.05) is 12.2 Å². The minimum Gasteiger partial charge on any atom is -0.504 e. The molecule has 2 saturated carbocycles. The van der Waals surface area contributed by atoms with Gasteiger partial charge < -0.3 is 9.84 Å². The quantitative estimate of drug-likeness (QED) is 0.519. The Morgan fingerprint density at radius 2 is 1.84 bits per heavy atom. The Hall–Kier alpha value is -2.63. The van der Waals surface area contributed by atoms with Gasteiger partial charge in [-0.25, -0.2) is 0 Å². The van der Waals surface area contributed by atoms with Gasteiger partial charge in [-0.05, 0) is 53.9 Å². The first-order valence-electron chi connectivity index (χ1n) is 8.54. The number of fused-ring (bicyclic) bond motifs is 3. The molecule has 1 aliphatic heterocycles. The minimum absolute atomic E-state index is 0.0277. The van der Waals surface area contributed by atoms with Crippen LogP contribution in [0.1, 0.15) is 18.4 Å². The second-order valence-electron chi connectivity index (χ2n) is 7.39. The van der Waals surface area contributed by atoms with Crippen molar-refractivity contribution in [1.29, 1.82) is 0 Å². The Morgan fingerprint density at radius 3 is 2.40 bits per heavy atom. The van der Waals surface area contributed by atoms with Gasteiger partial charge in [-0.15, -0.1) is 0 Å². The number of benzene rings is 1. The van der Waals surface area contributed by atoms with E-state index in [-0.39, 0.29) is 46.7 Å². The van der Waals surface area contributed by atoms with Crippen LogP contribution in [-0.2, 0) is 9.59 Å². The highest BCUT2D eigenvalue weighted by atomic mass is 16.5. The zero-order chi connectivity index (χ0) is 17.3. The summed E-state index contributed by atoms with van der Waals surface area (Å²) in [7, 11) is 1.46. The maximum Gasteiger partial charge on any atom is 0.254 e. The number of nitrogens with zero attached hydrogens (tertiary/aromatic N) is 2. The Kier molecular flexibility index (Phi) is 2.77. The van der Waals surface area contributed by atoms with Crippen molar-refractivity contribution in [3.05, 3.63) is 35.9 Å². The number of methoxy groups -OCH3 is 1. The third kappa shape index (κ3) is 1.77. The summed E-state index contributed by atoms with van der Waals surface area (Å²) >= 11 is 0. The summed E-state index contributed by atoms with van der Waals surface area (Å²) in [6.07, 6.45) is 7.99. The number of imide groups is 1. The number of hydrazone groups is 1. The van der Waals surface area contributed by atoms with Crippen LogP contribution in [0.2, 0.25) is 0 Å². The van der Waals surface area contributed by atoms with E-state index in [2.05, 4.69) is 17.3 Å². The lowest BCUT2D eigenvalue weighted by Gasteiger charge is -2.18. The van der Waals surface area contributed by atoms with Crippen molar-refractivity contribution in [3.8, 4) is 11.5 Å². The number of amides is 2. The van der Waals surface area contributed by atoms with Crippen LogP contribution in [0, 0.1) is 29.1 Å². The van der Waals surface area contributed by atoms with Gasteiger partial charge in [0.25, 0.3) is 11.8 Å². The molecule has 1 aromatic rings. The standard InChI is InChI=1S/C19H18N2O4/c1-25-14-8-10(2-5-13(14)22)9-20-21-17(23)15-11-3-4-12(16(15)18(21)24)19(11)6-7-19/h2-5,8-9,11-12,15-16,22H,6-7H2,1H3/b20-9+/t11-,12+,15-,16-/m0/s1. The predicted molar refractivity (Wildman–Crippen MR) is 88.9 cm³/mol. The van der Waals surface area contributed by atoms with Crippen molar-refractivity contribution >= 4 is 18.0 Å². The number of phenols is 1. The number of phenolic OH excluding ortho intramolecular Hbond substituents is 1. The van der Waals surface area contributed by atoms with Gasteiger partial charge >= 0.3 is 0 Å². The van der Waals surface area contributed by atoms with E-state index in [1.807, 2.05) is 0 Å². The Bertz CT molecular complexity index is 821. The molecule has 3 fully saturated rings. The molecule has 4 atom stereocenters. The monoisotopic (exact) mass is 338 g/mol. The smallest absolute Gasteiger partial charge is 0.254 e. The summed E-state index contributed by atoms with van der Waals surface area (Å²) in [6, 6.07) is 4.75. The van der Waals surface area contributed by atoms with Gasteiger partial charge in [-0.3, -0.25) is 9.59 Å². The number of rotatable bonds is 3. The molecule has 1 heterocycles. The molecule has 5 rings (SSSR count). The molecule has 2 amide bonds. The molecular weight excluding hydrogens is 320 g/mol. The van der Waals surface area contributed by atoms with Crippen LogP contribution in [0.4, 0.5) is 0 Å². The van der Waals surface area contributed by atoms with E-state index in [9.17, 15) is 14.7 Å². The van der Waals surface area contributed by atoms with Crippen molar-refractivity contribution in [2.24, 2.45) is 34.2 Å². The summed E-state index contributed by atoms with van der Waals surface area (Å²) < 4.78 is 5.06. The number of carbonyl (C=O) groups excluding carboxylic acids is 2. The van der Waals surface area contributed by atoms with Gasteiger partial charge in [0.15, 0.2) is 11.5 Å². The van der Waals surface area contributed by atoms with Crippen LogP contribution in [0.3, 0.4) is 0 Å². The summed E-state index contributed by atoms with van der Waals surface area (Å²) in [5, 5.41) is 14.8. The number of hydrogen-bond donors (Lipinski definition) is 1. The highest BCUT2D eigenvalue weighted by Crippen LogP contribution is 2.73. The van der Waals surface area contributed by atoms with E-state index >= 15 is 0 Å². The third-order valence-electron chi connectivity index (χ3n) is 6.36. The summed E-state index contributed by atoms with van der Waals surface area (Å²) in [5.74, 6) is -0.0909. The fraction of sp³-hybridized carbons (Fsp3) is 0.421. The first kappa shape index (κ1) is 14.7. The molecule has 25 heavy (non-hydrogen) atoms. The predicted octanol–water partition coefficient (Wildman–Crippen LogP) is 1.93. The number of allylic oxidation sites excluding steroid dienone is 2. The highest BCUT2D eigenvalue weighted by molar-refractivity contribution is 6.07. The second kappa shape index (κ2) is 4.71. The Labute approximate surface area is 144 Å². The van der Waals surface area contributed by atoms with Gasteiger partial charge in [0.1, 0.15) is 0 Å². The van der Waals surface area contributed by atoms with E-state index in [1.54, 1.807) is 12.1 Å². The average molecular weight is 338 g/mol. The molecule has 6 nitrogen and oxygen atoms in total. The molecule has 6 heteroatoms. The van der Waals surface area contributed by atoms with E-state index in [0.717, 1.165) is 17.9 Å². The van der Waals surface area contributed by atoms with Crippen LogP contribution in [0.25, 0.3) is 0 Å². The molecule has 4 aliphatic rings. The second-order valence-corrected chi connectivity index (χ2v) is 7.39. The molecule has 128 valence electrons. The Balaban J connectivity index is 1.42. The van der Waals surface area contributed by atoms with Crippen molar-refractivity contribution < 1.29 is 19.4 Å². The van der Waals surface area contributed by atoms with Gasteiger partial charge in [0.2, 0.25) is 0 Å². The molecule has 3 aliphatic carbocycles. The van der Waals surface area contributed by atoms with E-state index in [0.29, 0.717) is 11.3 Å². The fourth-order valence-electron chi connectivity index (χ4n) is 5.08. The van der Waals surface area contributed by atoms with E-state index in [1.165, 1.54) is 19.4 Å². The van der Waals surface area contributed by atoms with Gasteiger partial charge in [0, 0.05) is 0 Å². The van der Waals surface area contributed by atoms with Gasteiger partial charge in [0.05, 0.1) is 25.2 Å². The molecule has 0 radical (unpaired) electrons. The van der Waals surface area contributed by atoms with E-state index in [4.69, 9.17) is 4.74 Å². The normalized spacial score (nSPS) is 33.7. The Morgan fingerprint density at radius 1 is 1.20 bits per heavy atom. The molecule has 0 unspecified atom stereocenters.